The average molecular weight is 320 g/mol. The number of ether oxygens (including phenoxy) is 1. The molecule has 2 aliphatic heterocycles. The van der Waals surface area contributed by atoms with Crippen molar-refractivity contribution in [2.24, 2.45) is 12.5 Å². The highest BCUT2D eigenvalue weighted by Crippen LogP contribution is 2.41. The van der Waals surface area contributed by atoms with E-state index in [2.05, 4.69) is 16.2 Å². The quantitative estimate of drug-likeness (QED) is 0.820. The number of amides is 1. The van der Waals surface area contributed by atoms with Gasteiger partial charge in [-0.2, -0.15) is 5.10 Å². The van der Waals surface area contributed by atoms with Crippen molar-refractivity contribution in [2.45, 2.75) is 32.2 Å². The van der Waals surface area contributed by atoms with Gasteiger partial charge in [-0.25, -0.2) is 0 Å². The third kappa shape index (κ3) is 3.58. The molecule has 0 bridgehead atoms. The predicted molar refractivity (Wildman–Crippen MR) is 87.8 cm³/mol. The van der Waals surface area contributed by atoms with Crippen LogP contribution in [0.1, 0.15) is 31.2 Å². The van der Waals surface area contributed by atoms with E-state index >= 15 is 0 Å². The number of methoxy groups -OCH3 is 1. The van der Waals surface area contributed by atoms with E-state index in [1.807, 2.05) is 22.8 Å². The maximum absolute atomic E-state index is 12.9. The lowest BCUT2D eigenvalue weighted by molar-refractivity contribution is -0.150. The van der Waals surface area contributed by atoms with E-state index < -0.39 is 0 Å². The topological polar surface area (TPSA) is 50.6 Å². The number of aromatic nitrogens is 2. The second-order valence-corrected chi connectivity index (χ2v) is 6.97. The Morgan fingerprint density at radius 1 is 1.26 bits per heavy atom. The van der Waals surface area contributed by atoms with Crippen molar-refractivity contribution >= 4 is 5.91 Å². The largest absolute Gasteiger partial charge is 0.383 e. The molecule has 0 atom stereocenters. The van der Waals surface area contributed by atoms with Crippen LogP contribution in [0.4, 0.5) is 0 Å². The number of hydrogen-bond donors (Lipinski definition) is 0. The van der Waals surface area contributed by atoms with Crippen molar-refractivity contribution in [1.29, 1.82) is 0 Å². The third-order valence-electron chi connectivity index (χ3n) is 5.37. The number of hydrogen-bond acceptors (Lipinski definition) is 4. The molecular weight excluding hydrogens is 292 g/mol. The monoisotopic (exact) mass is 320 g/mol. The number of rotatable bonds is 5. The molecule has 2 fully saturated rings. The van der Waals surface area contributed by atoms with Gasteiger partial charge in [0.15, 0.2) is 0 Å². The fourth-order valence-electron chi connectivity index (χ4n) is 3.98. The van der Waals surface area contributed by atoms with E-state index in [1.54, 1.807) is 7.11 Å². The Labute approximate surface area is 138 Å². The Morgan fingerprint density at radius 2 is 2.04 bits per heavy atom. The molecule has 1 spiro atoms. The molecule has 0 N–H and O–H groups in total. The van der Waals surface area contributed by atoms with E-state index in [4.69, 9.17) is 4.74 Å². The van der Waals surface area contributed by atoms with Gasteiger partial charge in [-0.1, -0.05) is 0 Å². The number of likely N-dealkylation sites (tertiary alicyclic amines) is 2. The molecule has 23 heavy (non-hydrogen) atoms. The first-order valence-electron chi connectivity index (χ1n) is 8.61. The molecule has 0 aromatic carbocycles. The van der Waals surface area contributed by atoms with Crippen LogP contribution < -0.4 is 0 Å². The summed E-state index contributed by atoms with van der Waals surface area (Å²) in [6, 6.07) is 0. The standard InChI is InChI=1S/C17H28N4O2/c1-19-13-15(12-18-19)14-20-8-5-17(6-9-20)4-3-7-21(16(17)22)10-11-23-2/h12-13H,3-11,14H2,1-2H3. The molecule has 2 aliphatic rings. The predicted octanol–water partition coefficient (Wildman–Crippen LogP) is 1.27. The summed E-state index contributed by atoms with van der Waals surface area (Å²) >= 11 is 0. The molecule has 1 aromatic rings. The number of carbonyl (C=O) groups is 1. The molecule has 0 radical (unpaired) electrons. The summed E-state index contributed by atoms with van der Waals surface area (Å²) in [6.07, 6.45) is 8.14. The highest BCUT2D eigenvalue weighted by atomic mass is 16.5. The van der Waals surface area contributed by atoms with Gasteiger partial charge in [-0.05, 0) is 38.8 Å². The van der Waals surface area contributed by atoms with Crippen molar-refractivity contribution in [1.82, 2.24) is 19.6 Å². The van der Waals surface area contributed by atoms with Gasteiger partial charge in [0.2, 0.25) is 5.91 Å². The van der Waals surface area contributed by atoms with Crippen LogP contribution in [-0.2, 0) is 23.1 Å². The molecule has 128 valence electrons. The Balaban J connectivity index is 1.57. The van der Waals surface area contributed by atoms with Crippen LogP contribution in [0.2, 0.25) is 0 Å². The molecule has 1 amide bonds. The molecule has 1 aromatic heterocycles. The van der Waals surface area contributed by atoms with Gasteiger partial charge in [0.1, 0.15) is 0 Å². The highest BCUT2D eigenvalue weighted by Gasteiger charge is 2.45. The molecule has 6 heteroatoms. The zero-order valence-corrected chi connectivity index (χ0v) is 14.3. The zero-order valence-electron chi connectivity index (χ0n) is 14.3. The summed E-state index contributed by atoms with van der Waals surface area (Å²) in [5.74, 6) is 0.363. The summed E-state index contributed by atoms with van der Waals surface area (Å²) in [5.41, 5.74) is 1.14. The molecule has 0 unspecified atom stereocenters. The van der Waals surface area contributed by atoms with Gasteiger partial charge < -0.3 is 9.64 Å². The maximum Gasteiger partial charge on any atom is 0.228 e. The number of nitrogens with zero attached hydrogens (tertiary/aromatic N) is 4. The van der Waals surface area contributed by atoms with Gasteiger partial charge in [-0.3, -0.25) is 14.4 Å². The minimum absolute atomic E-state index is 0.114. The van der Waals surface area contributed by atoms with Gasteiger partial charge in [0.25, 0.3) is 0 Å². The summed E-state index contributed by atoms with van der Waals surface area (Å²) < 4.78 is 6.99. The average Bonchev–Trinajstić information content (AvgIpc) is 2.96. The van der Waals surface area contributed by atoms with Crippen LogP contribution in [0.3, 0.4) is 0 Å². The van der Waals surface area contributed by atoms with Crippen LogP contribution in [0.25, 0.3) is 0 Å². The van der Waals surface area contributed by atoms with Gasteiger partial charge in [0.05, 0.1) is 18.2 Å². The summed E-state index contributed by atoms with van der Waals surface area (Å²) in [4.78, 5) is 17.4. The minimum atomic E-state index is -0.114. The SMILES string of the molecule is COCCN1CCCC2(CCN(Cc3cnn(C)c3)CC2)C1=O. The third-order valence-corrected chi connectivity index (χ3v) is 5.37. The van der Waals surface area contributed by atoms with Crippen molar-refractivity contribution < 1.29 is 9.53 Å². The molecular formula is C17H28N4O2. The minimum Gasteiger partial charge on any atom is -0.383 e. The number of aryl methyl sites for hydroxylation is 1. The van der Waals surface area contributed by atoms with Crippen molar-refractivity contribution in [3.63, 3.8) is 0 Å². The lowest BCUT2D eigenvalue weighted by Crippen LogP contribution is -2.54. The van der Waals surface area contributed by atoms with E-state index in [-0.39, 0.29) is 5.41 Å². The van der Waals surface area contributed by atoms with Crippen molar-refractivity contribution in [3.05, 3.63) is 18.0 Å². The van der Waals surface area contributed by atoms with Crippen molar-refractivity contribution in [3.8, 4) is 0 Å². The van der Waals surface area contributed by atoms with E-state index in [0.29, 0.717) is 12.5 Å². The first-order valence-corrected chi connectivity index (χ1v) is 8.61. The van der Waals surface area contributed by atoms with E-state index in [1.165, 1.54) is 5.56 Å². The first kappa shape index (κ1) is 16.5. The Morgan fingerprint density at radius 3 is 2.70 bits per heavy atom. The van der Waals surface area contributed by atoms with Gasteiger partial charge >= 0.3 is 0 Å². The van der Waals surface area contributed by atoms with Crippen LogP contribution in [0.15, 0.2) is 12.4 Å². The zero-order chi connectivity index (χ0) is 16.3. The summed E-state index contributed by atoms with van der Waals surface area (Å²) in [5, 5.41) is 4.23. The molecule has 0 saturated carbocycles. The highest BCUT2D eigenvalue weighted by molar-refractivity contribution is 5.83. The fourth-order valence-corrected chi connectivity index (χ4v) is 3.98. The number of carbonyl (C=O) groups excluding carboxylic acids is 1. The molecule has 3 rings (SSSR count). The molecule has 3 heterocycles. The first-order chi connectivity index (χ1) is 11.1. The normalized spacial score (nSPS) is 22.0. The van der Waals surface area contributed by atoms with Crippen LogP contribution in [0, 0.1) is 5.41 Å². The van der Waals surface area contributed by atoms with Crippen molar-refractivity contribution in [2.75, 3.05) is 39.9 Å². The lowest BCUT2D eigenvalue weighted by atomic mass is 9.71. The van der Waals surface area contributed by atoms with E-state index in [0.717, 1.165) is 58.4 Å². The second-order valence-electron chi connectivity index (χ2n) is 6.97. The van der Waals surface area contributed by atoms with Gasteiger partial charge in [0, 0.05) is 45.6 Å². The van der Waals surface area contributed by atoms with Crippen LogP contribution >= 0.6 is 0 Å². The number of piperidine rings is 2. The second kappa shape index (κ2) is 7.01. The Kier molecular flexibility index (Phi) is 5.02. The Bertz CT molecular complexity index is 534. The molecule has 6 nitrogen and oxygen atoms in total. The smallest absolute Gasteiger partial charge is 0.228 e. The maximum atomic E-state index is 12.9. The van der Waals surface area contributed by atoms with Gasteiger partial charge in [-0.15, -0.1) is 0 Å². The van der Waals surface area contributed by atoms with Crippen LogP contribution in [-0.4, -0.2) is 65.4 Å². The lowest BCUT2D eigenvalue weighted by Gasteiger charge is -2.46. The Hall–Kier alpha value is -1.40. The molecule has 2 saturated heterocycles. The fraction of sp³-hybridized carbons (Fsp3) is 0.765. The summed E-state index contributed by atoms with van der Waals surface area (Å²) in [7, 11) is 3.64. The van der Waals surface area contributed by atoms with Crippen LogP contribution in [0.5, 0.6) is 0 Å². The summed E-state index contributed by atoms with van der Waals surface area (Å²) in [6.45, 7) is 5.19. The van der Waals surface area contributed by atoms with E-state index in [9.17, 15) is 4.79 Å². The molecule has 0 aliphatic carbocycles.